The van der Waals surface area contributed by atoms with Gasteiger partial charge in [0.1, 0.15) is 0 Å². The number of fused-ring (bicyclic) bond motifs is 3. The fourth-order valence-corrected chi connectivity index (χ4v) is 5.09. The van der Waals surface area contributed by atoms with E-state index in [2.05, 4.69) is 17.4 Å². The van der Waals surface area contributed by atoms with Gasteiger partial charge in [0, 0.05) is 16.0 Å². The maximum Gasteiger partial charge on any atom is 0.161 e. The van der Waals surface area contributed by atoms with E-state index in [0.29, 0.717) is 16.0 Å². The number of thiocarbonyl (C=S) groups is 1. The first-order valence-corrected chi connectivity index (χ1v) is 9.70. The van der Waals surface area contributed by atoms with Gasteiger partial charge in [-0.3, -0.25) is 0 Å². The second-order valence-electron chi connectivity index (χ2n) is 6.73. The molecule has 26 heavy (non-hydrogen) atoms. The maximum atomic E-state index is 6.58. The molecule has 4 rings (SSSR count). The summed E-state index contributed by atoms with van der Waals surface area (Å²) in [7, 11) is 3.31. The Morgan fingerprint density at radius 1 is 1.00 bits per heavy atom. The molecule has 0 amide bonds. The number of ether oxygens (including phenoxy) is 2. The van der Waals surface area contributed by atoms with Gasteiger partial charge in [-0.15, -0.1) is 0 Å². The number of hydrogen-bond donors (Lipinski definition) is 1. The van der Waals surface area contributed by atoms with Crippen molar-refractivity contribution in [1.82, 2.24) is 5.32 Å². The lowest BCUT2D eigenvalue weighted by molar-refractivity contribution is 0.352. The third kappa shape index (κ3) is 2.84. The Kier molecular flexibility index (Phi) is 4.76. The lowest BCUT2D eigenvalue weighted by Gasteiger charge is -2.32. The largest absolute Gasteiger partial charge is 0.493 e. The molecule has 1 N–H and O–H groups in total. The second kappa shape index (κ2) is 6.91. The molecule has 1 fully saturated rings. The smallest absolute Gasteiger partial charge is 0.161 e. The van der Waals surface area contributed by atoms with Crippen LogP contribution in [-0.2, 0) is 0 Å². The van der Waals surface area contributed by atoms with Crippen molar-refractivity contribution in [2.45, 2.75) is 24.8 Å². The number of benzene rings is 2. The first kappa shape index (κ1) is 17.9. The number of methoxy groups -OCH3 is 2. The van der Waals surface area contributed by atoms with Gasteiger partial charge in [-0.1, -0.05) is 41.5 Å². The second-order valence-corrected chi connectivity index (χ2v) is 8.06. The summed E-state index contributed by atoms with van der Waals surface area (Å²) in [6, 6.07) is 10.0. The Bertz CT molecular complexity index is 886. The molecule has 0 radical (unpaired) electrons. The monoisotopic (exact) mass is 407 g/mol. The SMILES string of the molecule is COc1cc2c(cc1OC)C(c1ccc(Cl)cc1Cl)C1CCC(=S)NC21. The van der Waals surface area contributed by atoms with Crippen LogP contribution in [0.5, 0.6) is 11.5 Å². The normalized spacial score (nSPS) is 23.8. The molecule has 2 aromatic rings. The third-order valence-electron chi connectivity index (χ3n) is 5.43. The highest BCUT2D eigenvalue weighted by Gasteiger charge is 2.45. The molecule has 0 bridgehead atoms. The zero-order valence-corrected chi connectivity index (χ0v) is 16.8. The van der Waals surface area contributed by atoms with Gasteiger partial charge in [0.25, 0.3) is 0 Å². The van der Waals surface area contributed by atoms with Crippen LogP contribution in [0, 0.1) is 5.92 Å². The van der Waals surface area contributed by atoms with E-state index in [1.54, 1.807) is 14.2 Å². The summed E-state index contributed by atoms with van der Waals surface area (Å²) in [6.45, 7) is 0. The highest BCUT2D eigenvalue weighted by Crippen LogP contribution is 2.55. The minimum Gasteiger partial charge on any atom is -0.493 e. The summed E-state index contributed by atoms with van der Waals surface area (Å²) in [4.78, 5) is 0.912. The fourth-order valence-electron chi connectivity index (χ4n) is 4.32. The highest BCUT2D eigenvalue weighted by atomic mass is 35.5. The van der Waals surface area contributed by atoms with Crippen LogP contribution in [0.15, 0.2) is 30.3 Å². The molecule has 0 aromatic heterocycles. The molecule has 0 saturated carbocycles. The van der Waals surface area contributed by atoms with Gasteiger partial charge in [-0.2, -0.15) is 0 Å². The summed E-state index contributed by atoms with van der Waals surface area (Å²) in [5, 5.41) is 4.85. The Hall–Kier alpha value is -1.49. The fraction of sp³-hybridized carbons (Fsp3) is 0.350. The van der Waals surface area contributed by atoms with Gasteiger partial charge in [0.15, 0.2) is 11.5 Å². The minimum atomic E-state index is 0.155. The molecule has 3 unspecified atom stereocenters. The van der Waals surface area contributed by atoms with Crippen LogP contribution in [0.3, 0.4) is 0 Å². The molecule has 136 valence electrons. The van der Waals surface area contributed by atoms with Crippen molar-refractivity contribution in [1.29, 1.82) is 0 Å². The summed E-state index contributed by atoms with van der Waals surface area (Å²) >= 11 is 18.2. The molecule has 6 heteroatoms. The molecule has 2 aromatic carbocycles. The van der Waals surface area contributed by atoms with Crippen LogP contribution in [0.25, 0.3) is 0 Å². The molecular weight excluding hydrogens is 389 g/mol. The third-order valence-corrected chi connectivity index (χ3v) is 6.32. The molecule has 1 heterocycles. The van der Waals surface area contributed by atoms with E-state index in [1.165, 1.54) is 11.1 Å². The highest BCUT2D eigenvalue weighted by molar-refractivity contribution is 7.80. The van der Waals surface area contributed by atoms with Crippen molar-refractivity contribution in [3.05, 3.63) is 57.1 Å². The van der Waals surface area contributed by atoms with Crippen molar-refractivity contribution < 1.29 is 9.47 Å². The van der Waals surface area contributed by atoms with Gasteiger partial charge in [0.05, 0.1) is 25.2 Å². The van der Waals surface area contributed by atoms with Gasteiger partial charge < -0.3 is 14.8 Å². The number of hydrogen-bond acceptors (Lipinski definition) is 3. The molecule has 2 aliphatic rings. The number of rotatable bonds is 3. The van der Waals surface area contributed by atoms with Gasteiger partial charge in [-0.05, 0) is 59.7 Å². The quantitative estimate of drug-likeness (QED) is 0.677. The first-order valence-electron chi connectivity index (χ1n) is 8.53. The van der Waals surface area contributed by atoms with E-state index in [-0.39, 0.29) is 12.0 Å². The maximum absolute atomic E-state index is 6.58. The Morgan fingerprint density at radius 2 is 1.69 bits per heavy atom. The van der Waals surface area contributed by atoms with Gasteiger partial charge in [0.2, 0.25) is 0 Å². The lowest BCUT2D eigenvalue weighted by atomic mass is 9.80. The van der Waals surface area contributed by atoms with Crippen molar-refractivity contribution >= 4 is 40.4 Å². The van der Waals surface area contributed by atoms with E-state index < -0.39 is 0 Å². The zero-order valence-electron chi connectivity index (χ0n) is 14.5. The van der Waals surface area contributed by atoms with Crippen LogP contribution in [-0.4, -0.2) is 19.2 Å². The van der Waals surface area contributed by atoms with Crippen molar-refractivity contribution in [3.63, 3.8) is 0 Å². The molecule has 3 atom stereocenters. The van der Waals surface area contributed by atoms with Crippen LogP contribution in [0.4, 0.5) is 0 Å². The molecule has 1 aliphatic heterocycles. The van der Waals surface area contributed by atoms with E-state index in [4.69, 9.17) is 44.9 Å². The Balaban J connectivity index is 1.91. The number of nitrogens with one attached hydrogen (secondary N) is 1. The minimum absolute atomic E-state index is 0.155. The average Bonchev–Trinajstić information content (AvgIpc) is 2.93. The predicted molar refractivity (Wildman–Crippen MR) is 109 cm³/mol. The molecule has 1 saturated heterocycles. The van der Waals surface area contributed by atoms with Gasteiger partial charge in [-0.25, -0.2) is 0 Å². The summed E-state index contributed by atoms with van der Waals surface area (Å²) in [6.07, 6.45) is 1.90. The first-order chi connectivity index (χ1) is 12.5. The number of piperidine rings is 1. The van der Waals surface area contributed by atoms with Crippen LogP contribution in [0.1, 0.15) is 41.5 Å². The van der Waals surface area contributed by atoms with E-state index in [9.17, 15) is 0 Å². The molecular formula is C20H19Cl2NO2S. The van der Waals surface area contributed by atoms with E-state index in [1.807, 2.05) is 18.2 Å². The average molecular weight is 408 g/mol. The number of halogens is 2. The Morgan fingerprint density at radius 3 is 2.35 bits per heavy atom. The summed E-state index contributed by atoms with van der Waals surface area (Å²) < 4.78 is 11.1. The molecule has 0 spiro atoms. The van der Waals surface area contributed by atoms with Crippen LogP contribution < -0.4 is 14.8 Å². The molecule has 3 nitrogen and oxygen atoms in total. The zero-order chi connectivity index (χ0) is 18.4. The van der Waals surface area contributed by atoms with Crippen molar-refractivity contribution in [2.24, 2.45) is 5.92 Å². The van der Waals surface area contributed by atoms with Crippen LogP contribution >= 0.6 is 35.4 Å². The topological polar surface area (TPSA) is 30.5 Å². The van der Waals surface area contributed by atoms with E-state index >= 15 is 0 Å². The standard InChI is InChI=1S/C20H19Cl2NO2S/c1-24-16-8-13-14(9-17(16)25-2)20-12(5-6-18(26)23-20)19(13)11-4-3-10(21)7-15(11)22/h3-4,7-9,12,19-20H,5-6H2,1-2H3,(H,23,26). The predicted octanol–water partition coefficient (Wildman–Crippen LogP) is 5.52. The summed E-state index contributed by atoms with van der Waals surface area (Å²) in [5.74, 6) is 1.98. The van der Waals surface area contributed by atoms with Crippen LogP contribution in [0.2, 0.25) is 10.0 Å². The Labute approximate surface area is 168 Å². The van der Waals surface area contributed by atoms with Crippen molar-refractivity contribution in [3.8, 4) is 11.5 Å². The lowest BCUT2D eigenvalue weighted by Crippen LogP contribution is -2.36. The van der Waals surface area contributed by atoms with E-state index in [0.717, 1.165) is 34.9 Å². The van der Waals surface area contributed by atoms with Crippen molar-refractivity contribution in [2.75, 3.05) is 14.2 Å². The molecule has 1 aliphatic carbocycles. The summed E-state index contributed by atoms with van der Waals surface area (Å²) in [5.41, 5.74) is 3.50. The van der Waals surface area contributed by atoms with Gasteiger partial charge >= 0.3 is 0 Å².